The molecule has 0 radical (unpaired) electrons. The van der Waals surface area contributed by atoms with Gasteiger partial charge >= 0.3 is 0 Å². The van der Waals surface area contributed by atoms with E-state index in [1.54, 1.807) is 0 Å². The fraction of sp³-hybridized carbons (Fsp3) is 0.333. The zero-order valence-corrected chi connectivity index (χ0v) is 12.1. The van der Waals surface area contributed by atoms with Crippen LogP contribution in [0.4, 0.5) is 0 Å². The van der Waals surface area contributed by atoms with E-state index in [9.17, 15) is 0 Å². The molecule has 74 valence electrons. The van der Waals surface area contributed by atoms with Gasteiger partial charge in [0.1, 0.15) is 0 Å². The lowest BCUT2D eigenvalue weighted by atomic mass is 10.2. The molecule has 0 nitrogen and oxygen atoms in total. The first-order chi connectivity index (χ1) is 6.61. The molecule has 0 aromatic heterocycles. The van der Waals surface area contributed by atoms with Crippen LogP contribution in [0.1, 0.15) is 12.5 Å². The lowest BCUT2D eigenvalue weighted by Gasteiger charge is -2.21. The Morgan fingerprint density at radius 1 is 1.29 bits per heavy atom. The number of benzene rings is 1. The lowest BCUT2D eigenvalue weighted by Crippen LogP contribution is -2.45. The van der Waals surface area contributed by atoms with Gasteiger partial charge in [0.15, 0.2) is 0 Å². The highest BCUT2D eigenvalue weighted by molar-refractivity contribution is 14.1. The first-order valence-corrected chi connectivity index (χ1v) is 9.43. The molecule has 2 heteroatoms. The summed E-state index contributed by atoms with van der Waals surface area (Å²) in [6.45, 7) is 6.70. The summed E-state index contributed by atoms with van der Waals surface area (Å²) in [6, 6.07) is 8.56. The molecule has 0 aliphatic carbocycles. The average molecular weight is 314 g/mol. The van der Waals surface area contributed by atoms with Crippen molar-refractivity contribution >= 4 is 35.9 Å². The molecule has 1 aromatic carbocycles. The van der Waals surface area contributed by atoms with Gasteiger partial charge in [-0.3, -0.25) is 0 Å². The third-order valence-electron chi connectivity index (χ3n) is 2.25. The molecule has 0 fully saturated rings. The molecule has 1 rings (SSSR count). The Morgan fingerprint density at radius 2 is 1.93 bits per heavy atom. The predicted molar refractivity (Wildman–Crippen MR) is 75.0 cm³/mol. The summed E-state index contributed by atoms with van der Waals surface area (Å²) in [5.41, 5.74) is 1.23. The maximum Gasteiger partial charge on any atom is 0.0919 e. The summed E-state index contributed by atoms with van der Waals surface area (Å²) in [5, 5.41) is 1.49. The molecule has 0 bridgehead atoms. The lowest BCUT2D eigenvalue weighted by molar-refractivity contribution is 1.63. The topological polar surface area (TPSA) is 0 Å². The zero-order valence-electron chi connectivity index (χ0n) is 8.89. The Hall–Kier alpha value is -0.273. The van der Waals surface area contributed by atoms with Gasteiger partial charge in [0, 0.05) is 5.56 Å². The van der Waals surface area contributed by atoms with E-state index < -0.39 is 8.07 Å². The molecule has 0 aliphatic rings. The summed E-state index contributed by atoms with van der Waals surface area (Å²) in [4.78, 5) is 0. The van der Waals surface area contributed by atoms with Crippen LogP contribution in [0, 0.1) is 11.8 Å². The van der Waals surface area contributed by atoms with Crippen LogP contribution in [0.5, 0.6) is 0 Å². The summed E-state index contributed by atoms with van der Waals surface area (Å²) in [6.07, 6.45) is 0. The Morgan fingerprint density at radius 3 is 2.50 bits per heavy atom. The van der Waals surface area contributed by atoms with Gasteiger partial charge < -0.3 is 0 Å². The van der Waals surface area contributed by atoms with E-state index in [1.165, 1.54) is 14.8 Å². The molecule has 0 saturated carbocycles. The maximum absolute atomic E-state index is 3.20. The molecule has 0 aliphatic heterocycles. The smallest absolute Gasteiger partial charge is 0.0919 e. The molecular formula is C12H15ISi. The van der Waals surface area contributed by atoms with E-state index in [4.69, 9.17) is 0 Å². The van der Waals surface area contributed by atoms with E-state index >= 15 is 0 Å². The number of alkyl halides is 1. The van der Waals surface area contributed by atoms with Crippen LogP contribution in [0.3, 0.4) is 0 Å². The van der Waals surface area contributed by atoms with Crippen molar-refractivity contribution in [3.63, 3.8) is 0 Å². The van der Waals surface area contributed by atoms with Crippen molar-refractivity contribution in [1.82, 2.24) is 0 Å². The van der Waals surface area contributed by atoms with Crippen LogP contribution >= 0.6 is 22.6 Å². The minimum absolute atomic E-state index is 1.23. The number of halogens is 1. The third kappa shape index (κ3) is 2.61. The van der Waals surface area contributed by atoms with Crippen molar-refractivity contribution in [1.29, 1.82) is 0 Å². The molecule has 0 N–H and O–H groups in total. The Kier molecular flexibility index (Phi) is 4.21. The van der Waals surface area contributed by atoms with Crippen molar-refractivity contribution in [3.05, 3.63) is 29.8 Å². The third-order valence-corrected chi connectivity index (χ3v) is 10.5. The van der Waals surface area contributed by atoms with Crippen LogP contribution in [-0.4, -0.2) is 12.1 Å². The van der Waals surface area contributed by atoms with Gasteiger partial charge in [0.05, 0.1) is 8.07 Å². The molecule has 0 saturated heterocycles. The van der Waals surface area contributed by atoms with Crippen LogP contribution in [0.25, 0.3) is 0 Å². The van der Waals surface area contributed by atoms with Gasteiger partial charge in [0.2, 0.25) is 0 Å². The molecule has 0 atom stereocenters. The maximum atomic E-state index is 3.20. The average Bonchev–Trinajstić information content (AvgIpc) is 2.19. The fourth-order valence-electron chi connectivity index (χ4n) is 1.39. The molecule has 0 heterocycles. The summed E-state index contributed by atoms with van der Waals surface area (Å²) in [5.74, 6) is 6.19. The van der Waals surface area contributed by atoms with Crippen molar-refractivity contribution in [2.24, 2.45) is 0 Å². The van der Waals surface area contributed by atoms with Crippen molar-refractivity contribution in [2.45, 2.75) is 20.0 Å². The first-order valence-electron chi connectivity index (χ1n) is 4.70. The number of rotatable bonds is 2. The number of hydrogen-bond acceptors (Lipinski definition) is 0. The molecule has 0 spiro atoms. The summed E-state index contributed by atoms with van der Waals surface area (Å²) < 4.78 is 1.24. The minimum Gasteiger partial charge on any atom is -0.101 e. The van der Waals surface area contributed by atoms with E-state index in [2.05, 4.69) is 71.8 Å². The highest BCUT2D eigenvalue weighted by atomic mass is 127. The molecule has 14 heavy (non-hydrogen) atoms. The standard InChI is InChI=1S/C12H15ISi/c1-4-7-11-8-5-6-9-12(11)14(2,3)10-13/h5-6,8-9H,10H2,1-3H3. The van der Waals surface area contributed by atoms with Crippen molar-refractivity contribution in [2.75, 3.05) is 4.05 Å². The second-order valence-electron chi connectivity index (χ2n) is 3.94. The second-order valence-corrected chi connectivity index (χ2v) is 10.8. The van der Waals surface area contributed by atoms with Crippen LogP contribution < -0.4 is 5.19 Å². The van der Waals surface area contributed by atoms with Crippen LogP contribution in [0.2, 0.25) is 13.1 Å². The van der Waals surface area contributed by atoms with Crippen LogP contribution in [-0.2, 0) is 0 Å². The number of hydrogen-bond donors (Lipinski definition) is 0. The van der Waals surface area contributed by atoms with Gasteiger partial charge in [-0.15, -0.1) is 5.92 Å². The van der Waals surface area contributed by atoms with Gasteiger partial charge in [-0.2, -0.15) is 0 Å². The SMILES string of the molecule is CC#Cc1ccccc1[Si](C)(C)CI. The predicted octanol–water partition coefficient (Wildman–Crippen LogP) is 2.95. The van der Waals surface area contributed by atoms with E-state index in [1.807, 2.05) is 6.92 Å². The Balaban J connectivity index is 3.24. The van der Waals surface area contributed by atoms with Crippen LogP contribution in [0.15, 0.2) is 24.3 Å². The van der Waals surface area contributed by atoms with Gasteiger partial charge in [-0.1, -0.05) is 59.8 Å². The summed E-state index contributed by atoms with van der Waals surface area (Å²) in [7, 11) is -1.25. The van der Waals surface area contributed by atoms with E-state index in [0.717, 1.165) is 0 Å². The van der Waals surface area contributed by atoms with Crippen molar-refractivity contribution < 1.29 is 0 Å². The van der Waals surface area contributed by atoms with Gasteiger partial charge in [0.25, 0.3) is 0 Å². The molecule has 0 amide bonds. The van der Waals surface area contributed by atoms with Gasteiger partial charge in [-0.05, 0) is 22.2 Å². The second kappa shape index (κ2) is 4.99. The normalized spacial score (nSPS) is 10.6. The highest BCUT2D eigenvalue weighted by Crippen LogP contribution is 2.09. The molecular weight excluding hydrogens is 299 g/mol. The van der Waals surface area contributed by atoms with Crippen molar-refractivity contribution in [3.8, 4) is 11.8 Å². The molecule has 0 unspecified atom stereocenters. The first kappa shape index (κ1) is 11.8. The minimum atomic E-state index is -1.25. The quantitative estimate of drug-likeness (QED) is 0.341. The largest absolute Gasteiger partial charge is 0.101 e. The monoisotopic (exact) mass is 314 g/mol. The van der Waals surface area contributed by atoms with E-state index in [0.29, 0.717) is 0 Å². The highest BCUT2D eigenvalue weighted by Gasteiger charge is 2.23. The zero-order chi connectivity index (χ0) is 10.6. The Bertz CT molecular complexity index is 371. The van der Waals surface area contributed by atoms with E-state index in [-0.39, 0.29) is 0 Å². The van der Waals surface area contributed by atoms with Gasteiger partial charge in [-0.25, -0.2) is 0 Å². The molecule has 1 aromatic rings. The summed E-state index contributed by atoms with van der Waals surface area (Å²) >= 11 is 2.49. The Labute approximate surface area is 101 Å². The fourth-order valence-corrected chi connectivity index (χ4v) is 4.19.